The van der Waals surface area contributed by atoms with Crippen molar-refractivity contribution < 1.29 is 4.79 Å². The molecule has 1 aliphatic rings. The zero-order chi connectivity index (χ0) is 20.9. The topological polar surface area (TPSA) is 44.4 Å². The molecule has 4 rings (SSSR count). The molecule has 30 heavy (non-hydrogen) atoms. The molecule has 1 aliphatic heterocycles. The van der Waals surface area contributed by atoms with Crippen LogP contribution >= 0.6 is 12.2 Å². The van der Waals surface area contributed by atoms with Gasteiger partial charge in [-0.3, -0.25) is 4.79 Å². The van der Waals surface area contributed by atoms with Crippen molar-refractivity contribution >= 4 is 45.4 Å². The molecule has 0 spiro atoms. The van der Waals surface area contributed by atoms with E-state index in [0.29, 0.717) is 11.5 Å². The Kier molecular flexibility index (Phi) is 6.29. The number of amides is 1. The molecule has 1 fully saturated rings. The van der Waals surface area contributed by atoms with Crippen LogP contribution < -0.4 is 15.5 Å². The molecule has 0 aromatic heterocycles. The van der Waals surface area contributed by atoms with Crippen LogP contribution in [0.3, 0.4) is 0 Å². The van der Waals surface area contributed by atoms with Gasteiger partial charge in [0, 0.05) is 30.9 Å². The van der Waals surface area contributed by atoms with Crippen LogP contribution in [0.5, 0.6) is 0 Å². The molecular formula is C25H27N3OS. The van der Waals surface area contributed by atoms with E-state index in [0.717, 1.165) is 49.3 Å². The van der Waals surface area contributed by atoms with Gasteiger partial charge in [-0.2, -0.15) is 0 Å². The first-order valence-electron chi connectivity index (χ1n) is 10.5. The molecule has 1 amide bonds. The fourth-order valence-corrected chi connectivity index (χ4v) is 4.33. The number of nitrogens with one attached hydrogen (secondary N) is 2. The largest absolute Gasteiger partial charge is 0.362 e. The Hall–Kier alpha value is -2.92. The smallest absolute Gasteiger partial charge is 0.227 e. The summed E-state index contributed by atoms with van der Waals surface area (Å²) < 4.78 is 0. The van der Waals surface area contributed by atoms with Crippen molar-refractivity contribution in [3.05, 3.63) is 71.8 Å². The van der Waals surface area contributed by atoms with Gasteiger partial charge in [0.15, 0.2) is 5.11 Å². The van der Waals surface area contributed by atoms with Crippen molar-refractivity contribution in [1.82, 2.24) is 5.32 Å². The Morgan fingerprint density at radius 1 is 1.10 bits per heavy atom. The summed E-state index contributed by atoms with van der Waals surface area (Å²) in [5.74, 6) is 0.210. The van der Waals surface area contributed by atoms with Gasteiger partial charge in [0.05, 0.1) is 0 Å². The maximum Gasteiger partial charge on any atom is 0.227 e. The minimum absolute atomic E-state index is 0.210. The Bertz CT molecular complexity index is 1070. The molecule has 3 aromatic carbocycles. The van der Waals surface area contributed by atoms with Crippen molar-refractivity contribution in [2.75, 3.05) is 23.3 Å². The molecule has 0 bridgehead atoms. The van der Waals surface area contributed by atoms with Crippen molar-refractivity contribution in [1.29, 1.82) is 0 Å². The average Bonchev–Trinajstić information content (AvgIpc) is 3.17. The van der Waals surface area contributed by atoms with Gasteiger partial charge in [0.1, 0.15) is 0 Å². The van der Waals surface area contributed by atoms with Gasteiger partial charge >= 0.3 is 0 Å². The second kappa shape index (κ2) is 9.26. The van der Waals surface area contributed by atoms with E-state index in [2.05, 4.69) is 53.1 Å². The number of rotatable bonds is 6. The summed E-state index contributed by atoms with van der Waals surface area (Å²) in [5, 5.41) is 9.79. The first-order valence-corrected chi connectivity index (χ1v) is 10.9. The fourth-order valence-electron chi connectivity index (χ4n) is 4.11. The van der Waals surface area contributed by atoms with Crippen LogP contribution in [0.15, 0.2) is 60.7 Å². The van der Waals surface area contributed by atoms with E-state index in [4.69, 9.17) is 12.2 Å². The van der Waals surface area contributed by atoms with Gasteiger partial charge in [-0.05, 0) is 78.5 Å². The molecule has 3 aromatic rings. The van der Waals surface area contributed by atoms with Crippen LogP contribution in [0, 0.1) is 6.92 Å². The van der Waals surface area contributed by atoms with E-state index >= 15 is 0 Å². The number of thiocarbonyl (C=S) groups is 1. The third-order valence-corrected chi connectivity index (χ3v) is 5.85. The minimum atomic E-state index is 0.210. The molecular weight excluding hydrogens is 390 g/mol. The van der Waals surface area contributed by atoms with Gasteiger partial charge in [-0.25, -0.2) is 0 Å². The Morgan fingerprint density at radius 2 is 1.93 bits per heavy atom. The van der Waals surface area contributed by atoms with E-state index < -0.39 is 0 Å². The van der Waals surface area contributed by atoms with Gasteiger partial charge in [0.25, 0.3) is 0 Å². The third-order valence-electron chi connectivity index (χ3n) is 5.61. The van der Waals surface area contributed by atoms with Gasteiger partial charge in [0.2, 0.25) is 5.91 Å². The molecule has 2 N–H and O–H groups in total. The number of benzene rings is 3. The van der Waals surface area contributed by atoms with Crippen molar-refractivity contribution in [3.63, 3.8) is 0 Å². The van der Waals surface area contributed by atoms with Crippen LogP contribution in [-0.4, -0.2) is 24.1 Å². The molecule has 1 heterocycles. The Balaban J connectivity index is 1.28. The molecule has 5 heteroatoms. The van der Waals surface area contributed by atoms with E-state index in [9.17, 15) is 4.79 Å². The monoisotopic (exact) mass is 417 g/mol. The van der Waals surface area contributed by atoms with E-state index in [1.165, 1.54) is 16.3 Å². The first kappa shape index (κ1) is 20.4. The number of nitrogens with zero attached hydrogens (tertiary/aromatic N) is 1. The second-order valence-corrected chi connectivity index (χ2v) is 8.18. The zero-order valence-electron chi connectivity index (χ0n) is 17.3. The average molecular weight is 418 g/mol. The molecule has 1 saturated heterocycles. The van der Waals surface area contributed by atoms with Crippen LogP contribution in [0.25, 0.3) is 10.8 Å². The molecule has 0 aliphatic carbocycles. The van der Waals surface area contributed by atoms with Crippen LogP contribution in [0.1, 0.15) is 30.4 Å². The lowest BCUT2D eigenvalue weighted by Gasteiger charge is -2.19. The van der Waals surface area contributed by atoms with E-state index in [1.54, 1.807) is 0 Å². The van der Waals surface area contributed by atoms with Crippen LogP contribution in [-0.2, 0) is 11.2 Å². The molecule has 0 unspecified atom stereocenters. The fraction of sp³-hybridized carbons (Fsp3) is 0.280. The highest BCUT2D eigenvalue weighted by molar-refractivity contribution is 7.80. The molecule has 0 saturated carbocycles. The predicted molar refractivity (Wildman–Crippen MR) is 129 cm³/mol. The predicted octanol–water partition coefficient (Wildman–Crippen LogP) is 5.19. The minimum Gasteiger partial charge on any atom is -0.362 e. The lowest BCUT2D eigenvalue weighted by Crippen LogP contribution is -2.29. The van der Waals surface area contributed by atoms with Gasteiger partial charge in [-0.15, -0.1) is 0 Å². The highest BCUT2D eigenvalue weighted by atomic mass is 32.1. The number of fused-ring (bicyclic) bond motifs is 1. The van der Waals surface area contributed by atoms with Gasteiger partial charge < -0.3 is 15.5 Å². The van der Waals surface area contributed by atoms with Gasteiger partial charge in [-0.1, -0.05) is 42.5 Å². The quantitative estimate of drug-likeness (QED) is 0.428. The summed E-state index contributed by atoms with van der Waals surface area (Å²) >= 11 is 5.46. The summed E-state index contributed by atoms with van der Waals surface area (Å²) in [6.45, 7) is 3.66. The molecule has 4 nitrogen and oxygen atoms in total. The van der Waals surface area contributed by atoms with Crippen molar-refractivity contribution in [3.8, 4) is 0 Å². The summed E-state index contributed by atoms with van der Waals surface area (Å²) in [5.41, 5.74) is 4.39. The third kappa shape index (κ3) is 4.62. The summed E-state index contributed by atoms with van der Waals surface area (Å²) in [4.78, 5) is 13.9. The maximum atomic E-state index is 12.0. The van der Waals surface area contributed by atoms with Crippen molar-refractivity contribution in [2.45, 2.75) is 32.6 Å². The van der Waals surface area contributed by atoms with E-state index in [-0.39, 0.29) is 5.91 Å². The maximum absolute atomic E-state index is 12.0. The highest BCUT2D eigenvalue weighted by Crippen LogP contribution is 2.27. The Labute approximate surface area is 183 Å². The number of anilines is 2. The lowest BCUT2D eigenvalue weighted by atomic mass is 10.0. The Morgan fingerprint density at radius 3 is 2.73 bits per heavy atom. The summed E-state index contributed by atoms with van der Waals surface area (Å²) in [7, 11) is 0. The summed E-state index contributed by atoms with van der Waals surface area (Å²) in [6.07, 6.45) is 3.59. The van der Waals surface area contributed by atoms with Crippen LogP contribution in [0.2, 0.25) is 0 Å². The normalized spacial score (nSPS) is 13.6. The van der Waals surface area contributed by atoms with Crippen LogP contribution in [0.4, 0.5) is 11.4 Å². The van der Waals surface area contributed by atoms with E-state index in [1.807, 2.05) is 30.0 Å². The number of aryl methyl sites for hydroxylation is 2. The number of carbonyl (C=O) groups is 1. The second-order valence-electron chi connectivity index (χ2n) is 7.77. The SMILES string of the molecule is Cc1cc(NC(=S)NCCCc2cccc3ccccc23)ccc1N1CCCC1=O. The number of carbonyl (C=O) groups excluding carboxylic acids is 1. The zero-order valence-corrected chi connectivity index (χ0v) is 18.1. The molecule has 0 radical (unpaired) electrons. The number of hydrogen-bond acceptors (Lipinski definition) is 2. The molecule has 154 valence electrons. The number of hydrogen-bond donors (Lipinski definition) is 2. The lowest BCUT2D eigenvalue weighted by molar-refractivity contribution is -0.117. The first-order chi connectivity index (χ1) is 14.6. The highest BCUT2D eigenvalue weighted by Gasteiger charge is 2.22. The van der Waals surface area contributed by atoms with Crippen molar-refractivity contribution in [2.24, 2.45) is 0 Å². The standard InChI is InChI=1S/C25H27N3OS/c1-18-17-21(13-14-23(18)28-16-6-12-24(28)29)27-25(30)26-15-5-10-20-9-4-8-19-7-2-3-11-22(19)20/h2-4,7-9,11,13-14,17H,5-6,10,12,15-16H2,1H3,(H2,26,27,30). The molecule has 0 atom stereocenters. The summed E-state index contributed by atoms with van der Waals surface area (Å²) in [6, 6.07) is 21.0.